The maximum atomic E-state index is 3.53. The third-order valence-electron chi connectivity index (χ3n) is 5.45. The summed E-state index contributed by atoms with van der Waals surface area (Å²) in [4.78, 5) is 5.34. The van der Waals surface area contributed by atoms with Crippen LogP contribution in [-0.4, -0.2) is 62.2 Å². The average molecular weight is 267 g/mol. The molecule has 0 amide bonds. The molecule has 112 valence electrons. The van der Waals surface area contributed by atoms with Gasteiger partial charge in [-0.3, -0.25) is 4.90 Å². The van der Waals surface area contributed by atoms with Crippen molar-refractivity contribution in [1.29, 1.82) is 0 Å². The van der Waals surface area contributed by atoms with E-state index in [2.05, 4.69) is 36.0 Å². The predicted octanol–water partition coefficient (Wildman–Crippen LogP) is 2.18. The molecular formula is C16H33N3. The van der Waals surface area contributed by atoms with Crippen LogP contribution in [0.3, 0.4) is 0 Å². The SMILES string of the molecule is CCC1CN(C)CCCN1CC1(CC)CCNCC1. The fourth-order valence-corrected chi connectivity index (χ4v) is 3.90. The van der Waals surface area contributed by atoms with Crippen LogP contribution in [0, 0.1) is 5.41 Å². The van der Waals surface area contributed by atoms with Gasteiger partial charge >= 0.3 is 0 Å². The average Bonchev–Trinajstić information content (AvgIpc) is 2.61. The molecule has 0 aromatic rings. The molecule has 0 aromatic heterocycles. The molecule has 0 spiro atoms. The zero-order valence-corrected chi connectivity index (χ0v) is 13.2. The molecule has 19 heavy (non-hydrogen) atoms. The molecule has 1 N–H and O–H groups in total. The molecule has 0 aromatic carbocycles. The lowest BCUT2D eigenvalue weighted by atomic mass is 9.76. The van der Waals surface area contributed by atoms with E-state index in [1.807, 2.05) is 0 Å². The summed E-state index contributed by atoms with van der Waals surface area (Å²) in [5, 5.41) is 3.53. The predicted molar refractivity (Wildman–Crippen MR) is 82.6 cm³/mol. The highest BCUT2D eigenvalue weighted by Gasteiger charge is 2.34. The summed E-state index contributed by atoms with van der Waals surface area (Å²) in [6.07, 6.45) is 6.71. The molecule has 2 saturated heterocycles. The van der Waals surface area contributed by atoms with Crippen molar-refractivity contribution in [1.82, 2.24) is 15.1 Å². The molecule has 0 radical (unpaired) electrons. The van der Waals surface area contributed by atoms with E-state index in [-0.39, 0.29) is 0 Å². The maximum Gasteiger partial charge on any atom is 0.0220 e. The summed E-state index contributed by atoms with van der Waals surface area (Å²) in [6.45, 7) is 12.4. The van der Waals surface area contributed by atoms with Gasteiger partial charge in [-0.2, -0.15) is 0 Å². The molecule has 1 unspecified atom stereocenters. The Labute approximate surface area is 119 Å². The van der Waals surface area contributed by atoms with Gasteiger partial charge in [-0.15, -0.1) is 0 Å². The topological polar surface area (TPSA) is 18.5 Å². The molecule has 0 bridgehead atoms. The van der Waals surface area contributed by atoms with Crippen molar-refractivity contribution in [3.8, 4) is 0 Å². The van der Waals surface area contributed by atoms with Crippen LogP contribution in [0.2, 0.25) is 0 Å². The summed E-state index contributed by atoms with van der Waals surface area (Å²) >= 11 is 0. The van der Waals surface area contributed by atoms with Gasteiger partial charge < -0.3 is 10.2 Å². The molecule has 2 heterocycles. The smallest absolute Gasteiger partial charge is 0.0220 e. The van der Waals surface area contributed by atoms with Crippen molar-refractivity contribution in [3.63, 3.8) is 0 Å². The monoisotopic (exact) mass is 267 g/mol. The first-order chi connectivity index (χ1) is 9.19. The Kier molecular flexibility index (Phi) is 5.67. The van der Waals surface area contributed by atoms with Crippen molar-refractivity contribution in [2.75, 3.05) is 46.3 Å². The van der Waals surface area contributed by atoms with Crippen molar-refractivity contribution >= 4 is 0 Å². The molecule has 3 nitrogen and oxygen atoms in total. The first kappa shape index (κ1) is 15.3. The standard InChI is InChI=1S/C16H33N3/c1-4-15-13-18(3)11-6-12-19(15)14-16(5-2)7-9-17-10-8-16/h15,17H,4-14H2,1-3H3. The molecule has 2 rings (SSSR count). The molecule has 2 fully saturated rings. The Hall–Kier alpha value is -0.120. The van der Waals surface area contributed by atoms with E-state index in [1.54, 1.807) is 0 Å². The van der Waals surface area contributed by atoms with Gasteiger partial charge in [0, 0.05) is 19.1 Å². The van der Waals surface area contributed by atoms with E-state index in [9.17, 15) is 0 Å². The van der Waals surface area contributed by atoms with Crippen LogP contribution in [-0.2, 0) is 0 Å². The third kappa shape index (κ3) is 3.93. The molecule has 0 aliphatic carbocycles. The van der Waals surface area contributed by atoms with E-state index in [0.717, 1.165) is 6.04 Å². The van der Waals surface area contributed by atoms with Crippen LogP contribution < -0.4 is 5.32 Å². The Morgan fingerprint density at radius 1 is 1.16 bits per heavy atom. The fraction of sp³-hybridized carbons (Fsp3) is 1.00. The fourth-order valence-electron chi connectivity index (χ4n) is 3.90. The summed E-state index contributed by atoms with van der Waals surface area (Å²) in [6, 6.07) is 0.769. The van der Waals surface area contributed by atoms with Crippen LogP contribution >= 0.6 is 0 Å². The Morgan fingerprint density at radius 2 is 1.89 bits per heavy atom. The number of likely N-dealkylation sites (N-methyl/N-ethyl adjacent to an activating group) is 1. The second kappa shape index (κ2) is 7.05. The molecule has 3 heteroatoms. The van der Waals surface area contributed by atoms with Gasteiger partial charge in [0.1, 0.15) is 0 Å². The lowest BCUT2D eigenvalue weighted by molar-refractivity contribution is 0.0760. The van der Waals surface area contributed by atoms with E-state index >= 15 is 0 Å². The highest BCUT2D eigenvalue weighted by molar-refractivity contribution is 4.89. The van der Waals surface area contributed by atoms with Crippen LogP contribution in [0.1, 0.15) is 46.0 Å². The Bertz CT molecular complexity index is 261. The summed E-state index contributed by atoms with van der Waals surface area (Å²) in [7, 11) is 2.28. The lowest BCUT2D eigenvalue weighted by Gasteiger charge is -2.43. The second-order valence-corrected chi connectivity index (χ2v) is 6.75. The third-order valence-corrected chi connectivity index (χ3v) is 5.45. The quantitative estimate of drug-likeness (QED) is 0.842. The zero-order valence-electron chi connectivity index (χ0n) is 13.2. The van der Waals surface area contributed by atoms with Gasteiger partial charge in [0.15, 0.2) is 0 Å². The summed E-state index contributed by atoms with van der Waals surface area (Å²) in [5.41, 5.74) is 0.585. The van der Waals surface area contributed by atoms with Gasteiger partial charge in [-0.05, 0) is 70.7 Å². The molecule has 2 aliphatic rings. The number of nitrogens with one attached hydrogen (secondary N) is 1. The number of nitrogens with zero attached hydrogens (tertiary/aromatic N) is 2. The Balaban J connectivity index is 2.01. The minimum absolute atomic E-state index is 0.585. The van der Waals surface area contributed by atoms with Crippen LogP contribution in [0.25, 0.3) is 0 Å². The second-order valence-electron chi connectivity index (χ2n) is 6.75. The molecule has 2 aliphatic heterocycles. The first-order valence-corrected chi connectivity index (χ1v) is 8.32. The highest BCUT2D eigenvalue weighted by Crippen LogP contribution is 2.34. The molecular weight excluding hydrogens is 234 g/mol. The number of hydrogen-bond acceptors (Lipinski definition) is 3. The van der Waals surface area contributed by atoms with Crippen molar-refractivity contribution in [2.24, 2.45) is 5.41 Å². The molecule has 1 atom stereocenters. The maximum absolute atomic E-state index is 3.53. The first-order valence-electron chi connectivity index (χ1n) is 8.32. The lowest BCUT2D eigenvalue weighted by Crippen LogP contribution is -2.49. The van der Waals surface area contributed by atoms with E-state index in [4.69, 9.17) is 0 Å². The number of rotatable bonds is 4. The summed E-state index contributed by atoms with van der Waals surface area (Å²) < 4.78 is 0. The van der Waals surface area contributed by atoms with Crippen molar-refractivity contribution in [2.45, 2.75) is 52.0 Å². The molecule has 0 saturated carbocycles. The Morgan fingerprint density at radius 3 is 2.53 bits per heavy atom. The van der Waals surface area contributed by atoms with E-state index in [0.29, 0.717) is 5.41 Å². The van der Waals surface area contributed by atoms with Gasteiger partial charge in [0.25, 0.3) is 0 Å². The van der Waals surface area contributed by atoms with Gasteiger partial charge in [-0.25, -0.2) is 0 Å². The normalized spacial score (nSPS) is 30.2. The van der Waals surface area contributed by atoms with Crippen LogP contribution in [0.15, 0.2) is 0 Å². The largest absolute Gasteiger partial charge is 0.317 e. The minimum Gasteiger partial charge on any atom is -0.317 e. The minimum atomic E-state index is 0.585. The van der Waals surface area contributed by atoms with E-state index in [1.165, 1.54) is 71.4 Å². The van der Waals surface area contributed by atoms with Crippen molar-refractivity contribution in [3.05, 3.63) is 0 Å². The van der Waals surface area contributed by atoms with Gasteiger partial charge in [-0.1, -0.05) is 13.8 Å². The number of piperidine rings is 1. The van der Waals surface area contributed by atoms with Crippen LogP contribution in [0.5, 0.6) is 0 Å². The zero-order chi connectivity index (χ0) is 13.7. The van der Waals surface area contributed by atoms with Gasteiger partial charge in [0.05, 0.1) is 0 Å². The van der Waals surface area contributed by atoms with Gasteiger partial charge in [0.2, 0.25) is 0 Å². The van der Waals surface area contributed by atoms with Crippen molar-refractivity contribution < 1.29 is 0 Å². The summed E-state index contributed by atoms with van der Waals surface area (Å²) in [5.74, 6) is 0. The number of hydrogen-bond donors (Lipinski definition) is 1. The van der Waals surface area contributed by atoms with E-state index < -0.39 is 0 Å². The van der Waals surface area contributed by atoms with Crippen LogP contribution in [0.4, 0.5) is 0 Å². The highest BCUT2D eigenvalue weighted by atomic mass is 15.2.